The molecule has 222 valence electrons. The Morgan fingerprint density at radius 3 is 2.30 bits per heavy atom. The van der Waals surface area contributed by atoms with Crippen LogP contribution in [-0.4, -0.2) is 37.5 Å². The Morgan fingerprint density at radius 1 is 0.864 bits per heavy atom. The molecular weight excluding hydrogens is 562 g/mol. The fourth-order valence-electron chi connectivity index (χ4n) is 4.36. The van der Waals surface area contributed by atoms with Crippen molar-refractivity contribution in [2.75, 3.05) is 23.9 Å². The Kier molecular flexibility index (Phi) is 9.00. The third-order valence-electron chi connectivity index (χ3n) is 6.64. The molecule has 4 aromatic rings. The van der Waals surface area contributed by atoms with Gasteiger partial charge in [0.15, 0.2) is 18.1 Å². The van der Waals surface area contributed by atoms with Crippen molar-refractivity contribution in [2.45, 2.75) is 13.5 Å². The highest BCUT2D eigenvalue weighted by Gasteiger charge is 2.36. The summed E-state index contributed by atoms with van der Waals surface area (Å²) in [5.74, 6) is -0.844. The Labute approximate surface area is 253 Å². The number of aryl methyl sites for hydroxylation is 1. The summed E-state index contributed by atoms with van der Waals surface area (Å²) in [7, 11) is 1.43. The number of ether oxygens (including phenoxy) is 3. The van der Waals surface area contributed by atoms with E-state index < -0.39 is 17.8 Å². The van der Waals surface area contributed by atoms with Gasteiger partial charge >= 0.3 is 6.03 Å². The zero-order chi connectivity index (χ0) is 31.1. The predicted molar refractivity (Wildman–Crippen MR) is 165 cm³/mol. The van der Waals surface area contributed by atoms with Gasteiger partial charge in [-0.25, -0.2) is 9.69 Å². The molecule has 10 nitrogen and oxygen atoms in total. The van der Waals surface area contributed by atoms with E-state index in [9.17, 15) is 19.2 Å². The maximum atomic E-state index is 13.4. The number of nitrogens with zero attached hydrogens (tertiary/aromatic N) is 1. The van der Waals surface area contributed by atoms with Crippen LogP contribution < -0.4 is 29.7 Å². The van der Waals surface area contributed by atoms with Crippen LogP contribution in [0, 0.1) is 6.92 Å². The van der Waals surface area contributed by atoms with Crippen molar-refractivity contribution >= 4 is 41.2 Å². The Balaban J connectivity index is 1.27. The zero-order valence-electron chi connectivity index (χ0n) is 24.0. The van der Waals surface area contributed by atoms with Gasteiger partial charge in [-0.1, -0.05) is 54.1 Å². The molecule has 0 aliphatic carbocycles. The smallest absolute Gasteiger partial charge is 0.335 e. The number of amides is 5. The summed E-state index contributed by atoms with van der Waals surface area (Å²) in [5, 5.41) is 4.97. The molecule has 0 aromatic heterocycles. The quantitative estimate of drug-likeness (QED) is 0.190. The molecule has 10 heteroatoms. The molecule has 0 spiro atoms. The van der Waals surface area contributed by atoms with Crippen molar-refractivity contribution in [3.63, 3.8) is 0 Å². The molecule has 1 heterocycles. The van der Waals surface area contributed by atoms with E-state index in [1.807, 2.05) is 49.4 Å². The highest BCUT2D eigenvalue weighted by Crippen LogP contribution is 2.30. The lowest BCUT2D eigenvalue weighted by Gasteiger charge is -2.26. The maximum absolute atomic E-state index is 13.4. The first-order valence-electron chi connectivity index (χ1n) is 13.7. The lowest BCUT2D eigenvalue weighted by Crippen LogP contribution is -2.54. The average Bonchev–Trinajstić information content (AvgIpc) is 3.03. The summed E-state index contributed by atoms with van der Waals surface area (Å²) in [4.78, 5) is 51.9. The molecule has 0 radical (unpaired) electrons. The van der Waals surface area contributed by atoms with E-state index in [-0.39, 0.29) is 29.5 Å². The van der Waals surface area contributed by atoms with Gasteiger partial charge in [0.2, 0.25) is 0 Å². The fraction of sp³-hybridized carbons (Fsp3) is 0.118. The third-order valence-corrected chi connectivity index (χ3v) is 6.64. The SMILES string of the molecule is COc1cc(/C=C2\C(=O)NC(=O)N(c3ccc(OCc4ccccc4)cc3)C2=O)ccc1OCC(=O)Nc1ccc(C)cc1. The number of carbonyl (C=O) groups excluding carboxylic acids is 4. The van der Waals surface area contributed by atoms with Crippen LogP contribution in [0.3, 0.4) is 0 Å². The molecule has 1 fully saturated rings. The van der Waals surface area contributed by atoms with E-state index in [1.54, 1.807) is 54.6 Å². The van der Waals surface area contributed by atoms with Gasteiger partial charge in [0.25, 0.3) is 17.7 Å². The molecular formula is C34H29N3O7. The second-order valence-electron chi connectivity index (χ2n) is 9.84. The number of hydrogen-bond acceptors (Lipinski definition) is 7. The fourth-order valence-corrected chi connectivity index (χ4v) is 4.36. The van der Waals surface area contributed by atoms with Crippen molar-refractivity contribution in [3.8, 4) is 17.2 Å². The molecule has 5 rings (SSSR count). The van der Waals surface area contributed by atoms with E-state index >= 15 is 0 Å². The zero-order valence-corrected chi connectivity index (χ0v) is 24.0. The third kappa shape index (κ3) is 7.11. The molecule has 44 heavy (non-hydrogen) atoms. The van der Waals surface area contributed by atoms with Gasteiger partial charge in [-0.2, -0.15) is 0 Å². The number of hydrogen-bond donors (Lipinski definition) is 2. The van der Waals surface area contributed by atoms with Crippen LogP contribution in [0.2, 0.25) is 0 Å². The lowest BCUT2D eigenvalue weighted by molar-refractivity contribution is -0.122. The van der Waals surface area contributed by atoms with Crippen LogP contribution in [0.15, 0.2) is 103 Å². The molecule has 2 N–H and O–H groups in total. The minimum atomic E-state index is -0.861. The Morgan fingerprint density at radius 2 is 1.59 bits per heavy atom. The highest BCUT2D eigenvalue weighted by atomic mass is 16.5. The van der Waals surface area contributed by atoms with Crippen molar-refractivity contribution in [1.29, 1.82) is 0 Å². The maximum Gasteiger partial charge on any atom is 0.335 e. The topological polar surface area (TPSA) is 123 Å². The molecule has 5 amide bonds. The first kappa shape index (κ1) is 29.6. The van der Waals surface area contributed by atoms with Crippen LogP contribution in [0.25, 0.3) is 6.08 Å². The first-order valence-corrected chi connectivity index (χ1v) is 13.7. The summed E-state index contributed by atoms with van der Waals surface area (Å²) in [5.41, 5.74) is 3.18. The predicted octanol–water partition coefficient (Wildman–Crippen LogP) is 5.27. The van der Waals surface area contributed by atoms with Crippen LogP contribution >= 0.6 is 0 Å². The molecule has 0 bridgehead atoms. The Bertz CT molecular complexity index is 1720. The van der Waals surface area contributed by atoms with Gasteiger partial charge in [-0.3, -0.25) is 19.7 Å². The second kappa shape index (κ2) is 13.4. The van der Waals surface area contributed by atoms with Gasteiger partial charge in [0.05, 0.1) is 12.8 Å². The highest BCUT2D eigenvalue weighted by molar-refractivity contribution is 6.39. The first-order chi connectivity index (χ1) is 21.3. The van der Waals surface area contributed by atoms with Crippen LogP contribution in [0.1, 0.15) is 16.7 Å². The summed E-state index contributed by atoms with van der Waals surface area (Å²) in [6.07, 6.45) is 1.35. The van der Waals surface area contributed by atoms with E-state index in [4.69, 9.17) is 14.2 Å². The van der Waals surface area contributed by atoms with Gasteiger partial charge in [-0.15, -0.1) is 0 Å². The van der Waals surface area contributed by atoms with Crippen molar-refractivity contribution in [3.05, 3.63) is 119 Å². The van der Waals surface area contributed by atoms with Crippen molar-refractivity contribution < 1.29 is 33.4 Å². The molecule has 1 aliphatic heterocycles. The number of barbiturate groups is 1. The van der Waals surface area contributed by atoms with Gasteiger partial charge in [0, 0.05) is 5.69 Å². The van der Waals surface area contributed by atoms with Crippen LogP contribution in [0.5, 0.6) is 17.2 Å². The molecule has 1 saturated heterocycles. The van der Waals surface area contributed by atoms with E-state index in [0.717, 1.165) is 16.0 Å². The molecule has 0 unspecified atom stereocenters. The molecule has 0 atom stereocenters. The summed E-state index contributed by atoms with van der Waals surface area (Å²) >= 11 is 0. The van der Waals surface area contributed by atoms with Gasteiger partial charge in [-0.05, 0) is 72.7 Å². The van der Waals surface area contributed by atoms with Crippen molar-refractivity contribution in [2.24, 2.45) is 0 Å². The monoisotopic (exact) mass is 591 g/mol. The summed E-state index contributed by atoms with van der Waals surface area (Å²) < 4.78 is 16.8. The Hall–Kier alpha value is -5.90. The lowest BCUT2D eigenvalue weighted by atomic mass is 10.1. The second-order valence-corrected chi connectivity index (χ2v) is 9.84. The molecule has 0 saturated carbocycles. The number of anilines is 2. The largest absolute Gasteiger partial charge is 0.493 e. The van der Waals surface area contributed by atoms with Crippen LogP contribution in [-0.2, 0) is 21.0 Å². The number of carbonyl (C=O) groups is 4. The van der Waals surface area contributed by atoms with E-state index in [1.165, 1.54) is 13.2 Å². The number of imide groups is 2. The normalized spacial score (nSPS) is 13.8. The average molecular weight is 592 g/mol. The minimum absolute atomic E-state index is 0.248. The number of rotatable bonds is 10. The van der Waals surface area contributed by atoms with Gasteiger partial charge < -0.3 is 19.5 Å². The van der Waals surface area contributed by atoms with Crippen molar-refractivity contribution in [1.82, 2.24) is 5.32 Å². The number of nitrogens with one attached hydrogen (secondary N) is 2. The molecule has 4 aromatic carbocycles. The van der Waals surface area contributed by atoms with Crippen LogP contribution in [0.4, 0.5) is 16.2 Å². The standard InChI is InChI=1S/C34H29N3O7/c1-22-8-11-25(12-9-22)35-31(38)21-44-29-17-10-24(19-30(29)42-2)18-28-32(39)36-34(41)37(33(28)40)26-13-15-27(16-14-26)43-20-23-6-4-3-5-7-23/h3-19H,20-21H2,1-2H3,(H,35,38)(H,36,39,41)/b28-18+. The number of benzene rings is 4. The minimum Gasteiger partial charge on any atom is -0.493 e. The van der Waals surface area contributed by atoms with E-state index in [0.29, 0.717) is 29.4 Å². The number of methoxy groups -OCH3 is 1. The molecule has 1 aliphatic rings. The summed E-state index contributed by atoms with van der Waals surface area (Å²) in [6, 6.07) is 27.3. The van der Waals surface area contributed by atoms with Gasteiger partial charge in [0.1, 0.15) is 17.9 Å². The van der Waals surface area contributed by atoms with E-state index in [2.05, 4.69) is 10.6 Å². The summed E-state index contributed by atoms with van der Waals surface area (Å²) in [6.45, 7) is 2.05. The number of urea groups is 1.